The number of likely N-dealkylation sites (N-methyl/N-ethyl adjacent to an activating group) is 1. The van der Waals surface area contributed by atoms with Crippen LogP contribution in [0.25, 0.3) is 10.9 Å². The summed E-state index contributed by atoms with van der Waals surface area (Å²) in [5.41, 5.74) is 2.95. The number of aromatic amines is 1. The molecule has 48 heavy (non-hydrogen) atoms. The van der Waals surface area contributed by atoms with E-state index < -0.39 is 54.0 Å². The molecule has 1 aromatic heterocycles. The van der Waals surface area contributed by atoms with Gasteiger partial charge < -0.3 is 35.1 Å². The molecule has 0 aliphatic carbocycles. The Bertz CT molecular complexity index is 1690. The van der Waals surface area contributed by atoms with Crippen LogP contribution in [-0.2, 0) is 35.1 Å². The van der Waals surface area contributed by atoms with E-state index in [1.54, 1.807) is 27.0 Å². The maximum atomic E-state index is 14.4. The number of para-hydroxylation sites is 1. The fourth-order valence-corrected chi connectivity index (χ4v) is 6.23. The van der Waals surface area contributed by atoms with E-state index in [2.05, 4.69) is 15.6 Å². The second-order valence-electron chi connectivity index (χ2n) is 12.7. The van der Waals surface area contributed by atoms with Gasteiger partial charge in [0.25, 0.3) is 0 Å². The molecule has 2 aromatic carbocycles. The number of hydrogen-bond donors (Lipinski definition) is 4. The Hall–Kier alpha value is -4.35. The molecule has 0 bridgehead atoms. The first-order valence-corrected chi connectivity index (χ1v) is 16.4. The Morgan fingerprint density at radius 1 is 1.02 bits per heavy atom. The molecule has 4 N–H and O–H groups in total. The van der Waals surface area contributed by atoms with Crippen molar-refractivity contribution in [2.45, 2.75) is 77.8 Å². The molecule has 2 heterocycles. The Balaban J connectivity index is 1.82. The Morgan fingerprint density at radius 2 is 1.73 bits per heavy atom. The summed E-state index contributed by atoms with van der Waals surface area (Å²) in [4.78, 5) is 59.7. The van der Waals surface area contributed by atoms with Gasteiger partial charge in [0.1, 0.15) is 23.9 Å². The van der Waals surface area contributed by atoms with E-state index in [-0.39, 0.29) is 29.0 Å². The molecule has 12 heteroatoms. The van der Waals surface area contributed by atoms with Gasteiger partial charge in [-0.2, -0.15) is 0 Å². The molecule has 11 nitrogen and oxygen atoms in total. The standard InChI is InChI=1S/C36H45ClN4O7/c1-19-14-20(2)23(5)48-36(46)32(47-7)31(24-12-13-30(42)27(37)16-24)40-34(44)29(17-25-18-38-28-11-9-8-10-26(25)28)41(6)35(45)22(4)39-33(43)21(3)15-19/h8-14,16,18,20-23,29,31-32,38,42H,15,17H2,1-7H3,(H,39,43)(H,40,44)/b19-14-/t20-,21-,22-,23+,29+,31?,32-/m0/s1. The van der Waals surface area contributed by atoms with Gasteiger partial charge in [-0.3, -0.25) is 14.4 Å². The first kappa shape index (κ1) is 36.5. The number of phenols is 1. The number of esters is 1. The number of nitrogens with zero attached hydrogens (tertiary/aromatic N) is 1. The molecule has 3 amide bonds. The lowest BCUT2D eigenvalue weighted by molar-refractivity contribution is -0.164. The average molecular weight is 681 g/mol. The van der Waals surface area contributed by atoms with Gasteiger partial charge in [-0.1, -0.05) is 61.4 Å². The van der Waals surface area contributed by atoms with Crippen molar-refractivity contribution < 1.29 is 33.8 Å². The smallest absolute Gasteiger partial charge is 0.338 e. The highest BCUT2D eigenvalue weighted by molar-refractivity contribution is 6.32. The number of methoxy groups -OCH3 is 1. The van der Waals surface area contributed by atoms with Gasteiger partial charge in [0.15, 0.2) is 6.10 Å². The lowest BCUT2D eigenvalue weighted by Gasteiger charge is -2.33. The lowest BCUT2D eigenvalue weighted by Crippen LogP contribution is -2.56. The zero-order chi connectivity index (χ0) is 35.3. The molecule has 7 atom stereocenters. The second-order valence-corrected chi connectivity index (χ2v) is 13.1. The Labute approximate surface area is 286 Å². The van der Waals surface area contributed by atoms with E-state index in [4.69, 9.17) is 21.1 Å². The summed E-state index contributed by atoms with van der Waals surface area (Å²) >= 11 is 6.28. The highest BCUT2D eigenvalue weighted by Gasteiger charge is 2.38. The van der Waals surface area contributed by atoms with E-state index in [0.29, 0.717) is 12.0 Å². The van der Waals surface area contributed by atoms with E-state index in [0.717, 1.165) is 22.0 Å². The maximum absolute atomic E-state index is 14.4. The number of rotatable bonds is 4. The van der Waals surface area contributed by atoms with Crippen LogP contribution in [0.5, 0.6) is 5.75 Å². The Kier molecular flexibility index (Phi) is 11.9. The fourth-order valence-electron chi connectivity index (χ4n) is 6.04. The minimum absolute atomic E-state index is 0.00784. The highest BCUT2D eigenvalue weighted by atomic mass is 35.5. The van der Waals surface area contributed by atoms with Crippen LogP contribution in [0.3, 0.4) is 0 Å². The maximum Gasteiger partial charge on any atom is 0.338 e. The summed E-state index contributed by atoms with van der Waals surface area (Å²) in [5.74, 6) is -2.92. The van der Waals surface area contributed by atoms with Crippen molar-refractivity contribution in [2.75, 3.05) is 14.2 Å². The van der Waals surface area contributed by atoms with Gasteiger partial charge in [-0.05, 0) is 56.5 Å². The monoisotopic (exact) mass is 680 g/mol. The first-order chi connectivity index (χ1) is 22.7. The summed E-state index contributed by atoms with van der Waals surface area (Å²) in [6.45, 7) is 8.94. The van der Waals surface area contributed by atoms with Crippen LogP contribution >= 0.6 is 11.6 Å². The fraction of sp³-hybridized carbons (Fsp3) is 0.444. The van der Waals surface area contributed by atoms with Crippen LogP contribution in [0.4, 0.5) is 0 Å². The third-order valence-electron chi connectivity index (χ3n) is 9.02. The average Bonchev–Trinajstić information content (AvgIpc) is 3.46. The molecule has 0 spiro atoms. The van der Waals surface area contributed by atoms with Crippen molar-refractivity contribution >= 4 is 46.2 Å². The number of aromatic hydroxyl groups is 1. The van der Waals surface area contributed by atoms with Crippen LogP contribution in [-0.4, -0.2) is 77.1 Å². The molecule has 0 radical (unpaired) electrons. The SMILES string of the molecule is CO[C@@H]1C(=O)O[C@H](C)[C@@H](C)/C=C(/C)C[C@H](C)C(=O)N[C@@H](C)C(=O)N(C)[C@H](Cc2c[nH]c3ccccc23)C(=O)NC1c1ccc(O)c(Cl)c1. The predicted octanol–water partition coefficient (Wildman–Crippen LogP) is 4.83. The number of carbonyl (C=O) groups is 4. The van der Waals surface area contributed by atoms with Crippen LogP contribution in [0.2, 0.25) is 5.02 Å². The number of hydrogen-bond acceptors (Lipinski definition) is 7. The zero-order valence-electron chi connectivity index (χ0n) is 28.4. The van der Waals surface area contributed by atoms with Crippen molar-refractivity contribution in [2.24, 2.45) is 11.8 Å². The van der Waals surface area contributed by atoms with E-state index in [1.807, 2.05) is 44.2 Å². The third-order valence-corrected chi connectivity index (χ3v) is 9.32. The zero-order valence-corrected chi connectivity index (χ0v) is 29.1. The topological polar surface area (TPSA) is 150 Å². The molecule has 4 rings (SSSR count). The van der Waals surface area contributed by atoms with E-state index in [9.17, 15) is 24.3 Å². The Morgan fingerprint density at radius 3 is 2.42 bits per heavy atom. The number of carbonyl (C=O) groups excluding carboxylic acids is 4. The molecule has 1 aliphatic rings. The minimum Gasteiger partial charge on any atom is -0.506 e. The van der Waals surface area contributed by atoms with E-state index in [1.165, 1.54) is 37.3 Å². The number of H-pyrrole nitrogens is 1. The van der Waals surface area contributed by atoms with Crippen LogP contribution in [0, 0.1) is 11.8 Å². The molecule has 0 saturated carbocycles. The summed E-state index contributed by atoms with van der Waals surface area (Å²) in [6.07, 6.45) is 2.39. The molecular weight excluding hydrogens is 636 g/mol. The molecular formula is C36H45ClN4O7. The number of cyclic esters (lactones) is 1. The number of amides is 3. The van der Waals surface area contributed by atoms with Crippen molar-refractivity contribution in [3.05, 3.63) is 76.5 Å². The molecule has 1 unspecified atom stereocenters. The molecule has 0 fully saturated rings. The minimum atomic E-state index is -1.32. The van der Waals surface area contributed by atoms with Gasteiger partial charge in [0, 0.05) is 49.5 Å². The van der Waals surface area contributed by atoms with Crippen molar-refractivity contribution in [3.63, 3.8) is 0 Å². The van der Waals surface area contributed by atoms with Crippen LogP contribution in [0.15, 0.2) is 60.3 Å². The first-order valence-electron chi connectivity index (χ1n) is 16.0. The lowest BCUT2D eigenvalue weighted by atomic mass is 9.95. The largest absolute Gasteiger partial charge is 0.506 e. The van der Waals surface area contributed by atoms with Crippen LogP contribution in [0.1, 0.15) is 58.2 Å². The number of phenolic OH excluding ortho intramolecular Hbond substituents is 1. The van der Waals surface area contributed by atoms with Gasteiger partial charge in [-0.25, -0.2) is 4.79 Å². The second kappa shape index (κ2) is 15.7. The quantitative estimate of drug-likeness (QED) is 0.228. The number of benzene rings is 2. The van der Waals surface area contributed by atoms with Crippen LogP contribution < -0.4 is 10.6 Å². The van der Waals surface area contributed by atoms with E-state index >= 15 is 0 Å². The summed E-state index contributed by atoms with van der Waals surface area (Å²) < 4.78 is 11.6. The number of nitrogens with one attached hydrogen (secondary N) is 3. The summed E-state index contributed by atoms with van der Waals surface area (Å²) in [5, 5.41) is 16.8. The third kappa shape index (κ3) is 8.38. The van der Waals surface area contributed by atoms with Gasteiger partial charge >= 0.3 is 5.97 Å². The number of ether oxygens (including phenoxy) is 2. The normalized spacial score (nSPS) is 28.1. The summed E-state index contributed by atoms with van der Waals surface area (Å²) in [7, 11) is 2.85. The summed E-state index contributed by atoms with van der Waals surface area (Å²) in [6, 6.07) is 8.79. The highest BCUT2D eigenvalue weighted by Crippen LogP contribution is 2.30. The van der Waals surface area contributed by atoms with Gasteiger partial charge in [0.2, 0.25) is 17.7 Å². The number of fused-ring (bicyclic) bond motifs is 1. The molecule has 1 aliphatic heterocycles. The van der Waals surface area contributed by atoms with Crippen molar-refractivity contribution in [3.8, 4) is 5.75 Å². The van der Waals surface area contributed by atoms with Gasteiger partial charge in [-0.15, -0.1) is 0 Å². The molecule has 3 aromatic rings. The number of allylic oxidation sites excluding steroid dienone is 1. The predicted molar refractivity (Wildman–Crippen MR) is 183 cm³/mol. The van der Waals surface area contributed by atoms with Gasteiger partial charge in [0.05, 0.1) is 11.1 Å². The molecule has 258 valence electrons. The number of halogens is 1. The van der Waals surface area contributed by atoms with Crippen molar-refractivity contribution in [1.29, 1.82) is 0 Å². The molecule has 0 saturated heterocycles. The number of aromatic nitrogens is 1. The van der Waals surface area contributed by atoms with Crippen molar-refractivity contribution in [1.82, 2.24) is 20.5 Å².